The molecule has 0 aromatic rings. The van der Waals surface area contributed by atoms with Gasteiger partial charge in [-0.15, -0.1) is 0 Å². The molecule has 0 radical (unpaired) electrons. The minimum Gasteiger partial charge on any atom is -0.396 e. The van der Waals surface area contributed by atoms with Crippen LogP contribution in [-0.2, 0) is 4.79 Å². The second-order valence-electron chi connectivity index (χ2n) is 4.36. The van der Waals surface area contributed by atoms with Crippen molar-refractivity contribution in [2.24, 2.45) is 5.41 Å². The lowest BCUT2D eigenvalue weighted by Crippen LogP contribution is -2.42. The predicted molar refractivity (Wildman–Crippen MR) is 55.8 cm³/mol. The Labute approximate surface area is 90.5 Å². The van der Waals surface area contributed by atoms with E-state index in [-0.39, 0.29) is 18.6 Å². The van der Waals surface area contributed by atoms with Crippen LogP contribution < -0.4 is 0 Å². The Balaban J connectivity index is 2.64. The van der Waals surface area contributed by atoms with Crippen molar-refractivity contribution in [3.05, 3.63) is 0 Å². The Morgan fingerprint density at radius 1 is 1.60 bits per heavy atom. The molecule has 0 spiro atoms. The third kappa shape index (κ3) is 2.48. The highest BCUT2D eigenvalue weighted by molar-refractivity contribution is 5.88. The summed E-state index contributed by atoms with van der Waals surface area (Å²) in [5.74, 6) is -0.0616. The van der Waals surface area contributed by atoms with Gasteiger partial charge >= 0.3 is 0 Å². The molecule has 15 heavy (non-hydrogen) atoms. The monoisotopic (exact) mass is 210 g/mol. The molecule has 0 unspecified atom stereocenters. The average Bonchev–Trinajstić information content (AvgIpc) is 2.98. The summed E-state index contributed by atoms with van der Waals surface area (Å²) in [6.45, 7) is 4.48. The zero-order valence-corrected chi connectivity index (χ0v) is 9.36. The summed E-state index contributed by atoms with van der Waals surface area (Å²) < 4.78 is 0. The lowest BCUT2D eigenvalue weighted by molar-refractivity contribution is -0.136. The number of carbonyl (C=O) groups excluding carboxylic acids is 1. The number of amides is 1. The van der Waals surface area contributed by atoms with Crippen LogP contribution in [0.15, 0.2) is 0 Å². The van der Waals surface area contributed by atoms with E-state index < -0.39 is 5.41 Å². The normalized spacial score (nSPS) is 17.3. The second kappa shape index (κ2) is 4.63. The number of carbonyl (C=O) groups is 1. The van der Waals surface area contributed by atoms with Crippen molar-refractivity contribution < 1.29 is 9.90 Å². The topological polar surface area (TPSA) is 64.3 Å². The number of hydrogen-bond acceptors (Lipinski definition) is 3. The van der Waals surface area contributed by atoms with Crippen LogP contribution in [0.2, 0.25) is 0 Å². The maximum atomic E-state index is 12.0. The SMILES string of the molecule is CC(C)N(CCCO)C(=O)C1(C#N)CC1. The molecule has 0 atom stereocenters. The third-order valence-corrected chi connectivity index (χ3v) is 2.81. The van der Waals surface area contributed by atoms with Crippen LogP contribution in [0.25, 0.3) is 0 Å². The quantitative estimate of drug-likeness (QED) is 0.733. The van der Waals surface area contributed by atoms with E-state index in [2.05, 4.69) is 6.07 Å². The lowest BCUT2D eigenvalue weighted by atomic mass is 10.1. The van der Waals surface area contributed by atoms with Crippen molar-refractivity contribution in [3.8, 4) is 6.07 Å². The molecule has 1 rings (SSSR count). The molecule has 0 aliphatic heterocycles. The highest BCUT2D eigenvalue weighted by Crippen LogP contribution is 2.46. The van der Waals surface area contributed by atoms with Crippen LogP contribution >= 0.6 is 0 Å². The van der Waals surface area contributed by atoms with E-state index in [0.717, 1.165) is 0 Å². The van der Waals surface area contributed by atoms with E-state index in [9.17, 15) is 4.79 Å². The Hall–Kier alpha value is -1.08. The Kier molecular flexibility index (Phi) is 3.70. The van der Waals surface area contributed by atoms with Gasteiger partial charge in [0.05, 0.1) is 6.07 Å². The summed E-state index contributed by atoms with van der Waals surface area (Å²) >= 11 is 0. The number of rotatable bonds is 5. The van der Waals surface area contributed by atoms with Gasteiger partial charge in [0.15, 0.2) is 0 Å². The van der Waals surface area contributed by atoms with Crippen molar-refractivity contribution in [1.82, 2.24) is 4.90 Å². The standard InChI is InChI=1S/C11H18N2O2/c1-9(2)13(6-3-7-14)10(15)11(8-12)4-5-11/h9,14H,3-7H2,1-2H3. The summed E-state index contributed by atoms with van der Waals surface area (Å²) in [5.41, 5.74) is -0.736. The zero-order valence-electron chi connectivity index (χ0n) is 9.36. The van der Waals surface area contributed by atoms with E-state index >= 15 is 0 Å². The molecule has 0 bridgehead atoms. The van der Waals surface area contributed by atoms with Crippen LogP contribution in [-0.4, -0.2) is 35.1 Å². The van der Waals surface area contributed by atoms with Crippen molar-refractivity contribution >= 4 is 5.91 Å². The predicted octanol–water partition coefficient (Wildman–Crippen LogP) is 0.910. The van der Waals surface area contributed by atoms with Gasteiger partial charge in [0, 0.05) is 19.2 Å². The second-order valence-corrected chi connectivity index (χ2v) is 4.36. The molecule has 1 amide bonds. The molecule has 0 saturated heterocycles. The summed E-state index contributed by atoms with van der Waals surface area (Å²) in [6.07, 6.45) is 1.95. The molecule has 84 valence electrons. The molecular weight excluding hydrogens is 192 g/mol. The van der Waals surface area contributed by atoms with Crippen LogP contribution in [0.5, 0.6) is 0 Å². The van der Waals surface area contributed by atoms with Gasteiger partial charge in [-0.25, -0.2) is 0 Å². The lowest BCUT2D eigenvalue weighted by Gasteiger charge is -2.28. The highest BCUT2D eigenvalue weighted by atomic mass is 16.3. The molecule has 4 nitrogen and oxygen atoms in total. The van der Waals surface area contributed by atoms with Gasteiger partial charge in [0.25, 0.3) is 0 Å². The molecule has 0 aromatic heterocycles. The number of aliphatic hydroxyl groups excluding tert-OH is 1. The number of nitriles is 1. The van der Waals surface area contributed by atoms with E-state index in [1.807, 2.05) is 13.8 Å². The molecule has 1 saturated carbocycles. The molecule has 4 heteroatoms. The highest BCUT2D eigenvalue weighted by Gasteiger charge is 2.52. The average molecular weight is 210 g/mol. The fourth-order valence-corrected chi connectivity index (χ4v) is 1.61. The van der Waals surface area contributed by atoms with Crippen molar-refractivity contribution in [3.63, 3.8) is 0 Å². The van der Waals surface area contributed by atoms with Gasteiger partial charge in [-0.05, 0) is 33.1 Å². The van der Waals surface area contributed by atoms with Crippen molar-refractivity contribution in [2.45, 2.75) is 39.2 Å². The minimum absolute atomic E-state index is 0.0616. The largest absolute Gasteiger partial charge is 0.396 e. The maximum absolute atomic E-state index is 12.0. The number of hydrogen-bond donors (Lipinski definition) is 1. The van der Waals surface area contributed by atoms with Gasteiger partial charge in [-0.1, -0.05) is 0 Å². The first-order chi connectivity index (χ1) is 7.07. The number of nitrogens with zero attached hydrogens (tertiary/aromatic N) is 2. The summed E-state index contributed by atoms with van der Waals surface area (Å²) in [5, 5.41) is 17.7. The first-order valence-electron chi connectivity index (χ1n) is 5.40. The minimum atomic E-state index is -0.736. The fourth-order valence-electron chi connectivity index (χ4n) is 1.61. The summed E-state index contributed by atoms with van der Waals surface area (Å²) in [4.78, 5) is 13.7. The van der Waals surface area contributed by atoms with E-state index in [4.69, 9.17) is 10.4 Å². The van der Waals surface area contributed by atoms with E-state index in [1.54, 1.807) is 4.90 Å². The molecule has 1 fully saturated rings. The van der Waals surface area contributed by atoms with Crippen LogP contribution in [0.1, 0.15) is 33.1 Å². The van der Waals surface area contributed by atoms with Gasteiger partial charge in [0.1, 0.15) is 5.41 Å². The third-order valence-electron chi connectivity index (χ3n) is 2.81. The summed E-state index contributed by atoms with van der Waals surface area (Å²) in [6, 6.07) is 2.20. The zero-order chi connectivity index (χ0) is 11.5. The molecule has 0 heterocycles. The Morgan fingerprint density at radius 3 is 2.53 bits per heavy atom. The van der Waals surface area contributed by atoms with Gasteiger partial charge in [-0.3, -0.25) is 4.79 Å². The first-order valence-corrected chi connectivity index (χ1v) is 5.40. The molecule has 1 aliphatic carbocycles. The van der Waals surface area contributed by atoms with Crippen LogP contribution in [0, 0.1) is 16.7 Å². The smallest absolute Gasteiger partial charge is 0.243 e. The van der Waals surface area contributed by atoms with Crippen molar-refractivity contribution in [1.29, 1.82) is 5.26 Å². The number of aliphatic hydroxyl groups is 1. The van der Waals surface area contributed by atoms with Crippen LogP contribution in [0.4, 0.5) is 0 Å². The van der Waals surface area contributed by atoms with Gasteiger partial charge < -0.3 is 10.0 Å². The Morgan fingerprint density at radius 2 is 2.20 bits per heavy atom. The maximum Gasteiger partial charge on any atom is 0.243 e. The Bertz CT molecular complexity index is 277. The summed E-state index contributed by atoms with van der Waals surface area (Å²) in [7, 11) is 0. The van der Waals surface area contributed by atoms with Crippen LogP contribution in [0.3, 0.4) is 0 Å². The fraction of sp³-hybridized carbons (Fsp3) is 0.818. The van der Waals surface area contributed by atoms with Gasteiger partial charge in [-0.2, -0.15) is 5.26 Å². The molecule has 1 aliphatic rings. The van der Waals surface area contributed by atoms with Gasteiger partial charge in [0.2, 0.25) is 5.91 Å². The molecular formula is C11H18N2O2. The first kappa shape index (κ1) is 12.0. The molecule has 1 N–H and O–H groups in total. The molecule has 0 aromatic carbocycles. The van der Waals surface area contributed by atoms with E-state index in [0.29, 0.717) is 25.8 Å². The van der Waals surface area contributed by atoms with E-state index in [1.165, 1.54) is 0 Å². The van der Waals surface area contributed by atoms with Crippen molar-refractivity contribution in [2.75, 3.05) is 13.2 Å².